The first-order valence-electron chi connectivity index (χ1n) is 6.60. The highest BCUT2D eigenvalue weighted by Crippen LogP contribution is 2.29. The molecular weight excluding hydrogens is 321 g/mol. The van der Waals surface area contributed by atoms with Crippen LogP contribution in [-0.2, 0) is 0 Å². The van der Waals surface area contributed by atoms with E-state index >= 15 is 0 Å². The van der Waals surface area contributed by atoms with Gasteiger partial charge in [0.05, 0.1) is 12.1 Å². The molecule has 0 heterocycles. The van der Waals surface area contributed by atoms with Crippen molar-refractivity contribution in [3.05, 3.63) is 63.9 Å². The molecule has 2 N–H and O–H groups in total. The molecular formula is C16H15BrFNO. The first kappa shape index (κ1) is 13.6. The molecule has 2 nitrogen and oxygen atoms in total. The Hall–Kier alpha value is -1.39. The van der Waals surface area contributed by atoms with Crippen LogP contribution in [0.3, 0.4) is 0 Å². The SMILES string of the molecule is NC(c1ccc(OC2CC2)cc1)c1cc(Br)ccc1F. The Morgan fingerprint density at radius 1 is 1.15 bits per heavy atom. The zero-order valence-electron chi connectivity index (χ0n) is 10.9. The molecule has 0 aromatic heterocycles. The average Bonchev–Trinajstić information content (AvgIpc) is 3.26. The van der Waals surface area contributed by atoms with Gasteiger partial charge in [0.1, 0.15) is 11.6 Å². The van der Waals surface area contributed by atoms with Crippen LogP contribution in [0.2, 0.25) is 0 Å². The Bertz CT molecular complexity index is 610. The normalized spacial score (nSPS) is 15.9. The monoisotopic (exact) mass is 335 g/mol. The molecule has 1 aliphatic carbocycles. The van der Waals surface area contributed by atoms with Gasteiger partial charge in [0.2, 0.25) is 0 Å². The number of hydrogen-bond donors (Lipinski definition) is 1. The van der Waals surface area contributed by atoms with E-state index in [9.17, 15) is 4.39 Å². The highest BCUT2D eigenvalue weighted by molar-refractivity contribution is 9.10. The summed E-state index contributed by atoms with van der Waals surface area (Å²) in [4.78, 5) is 0. The molecule has 20 heavy (non-hydrogen) atoms. The van der Waals surface area contributed by atoms with Gasteiger partial charge in [-0.05, 0) is 48.7 Å². The van der Waals surface area contributed by atoms with Crippen molar-refractivity contribution < 1.29 is 9.13 Å². The van der Waals surface area contributed by atoms with Gasteiger partial charge in [0, 0.05) is 10.0 Å². The van der Waals surface area contributed by atoms with E-state index in [2.05, 4.69) is 15.9 Å². The highest BCUT2D eigenvalue weighted by atomic mass is 79.9. The summed E-state index contributed by atoms with van der Waals surface area (Å²) in [5.41, 5.74) is 7.50. The molecule has 1 atom stereocenters. The minimum absolute atomic E-state index is 0.293. The zero-order valence-corrected chi connectivity index (χ0v) is 12.4. The molecule has 1 aliphatic rings. The Balaban J connectivity index is 1.81. The van der Waals surface area contributed by atoms with E-state index in [4.69, 9.17) is 10.5 Å². The molecule has 104 valence electrons. The Kier molecular flexibility index (Phi) is 3.76. The predicted octanol–water partition coefficient (Wildman–Crippen LogP) is 4.18. The van der Waals surface area contributed by atoms with E-state index < -0.39 is 6.04 Å². The van der Waals surface area contributed by atoms with E-state index in [0.717, 1.165) is 28.6 Å². The third-order valence-electron chi connectivity index (χ3n) is 3.36. The summed E-state index contributed by atoms with van der Waals surface area (Å²) in [6.07, 6.45) is 2.63. The van der Waals surface area contributed by atoms with Gasteiger partial charge in [-0.3, -0.25) is 0 Å². The van der Waals surface area contributed by atoms with Crippen molar-refractivity contribution in [1.29, 1.82) is 0 Å². The fourth-order valence-electron chi connectivity index (χ4n) is 2.06. The molecule has 0 aliphatic heterocycles. The van der Waals surface area contributed by atoms with Crippen molar-refractivity contribution in [2.75, 3.05) is 0 Å². The Labute approximate surface area is 125 Å². The largest absolute Gasteiger partial charge is 0.490 e. The number of halogens is 2. The summed E-state index contributed by atoms with van der Waals surface area (Å²) < 4.78 is 20.3. The summed E-state index contributed by atoms with van der Waals surface area (Å²) in [6, 6.07) is 11.9. The molecule has 3 rings (SSSR count). The molecule has 0 radical (unpaired) electrons. The van der Waals surface area contributed by atoms with Gasteiger partial charge >= 0.3 is 0 Å². The van der Waals surface area contributed by atoms with Crippen LogP contribution in [0.4, 0.5) is 4.39 Å². The number of hydrogen-bond acceptors (Lipinski definition) is 2. The minimum atomic E-state index is -0.484. The quantitative estimate of drug-likeness (QED) is 0.909. The summed E-state index contributed by atoms with van der Waals surface area (Å²) in [6.45, 7) is 0. The third-order valence-corrected chi connectivity index (χ3v) is 3.85. The maximum absolute atomic E-state index is 13.8. The molecule has 0 spiro atoms. The van der Waals surface area contributed by atoms with Crippen molar-refractivity contribution in [1.82, 2.24) is 0 Å². The van der Waals surface area contributed by atoms with E-state index in [1.807, 2.05) is 24.3 Å². The predicted molar refractivity (Wildman–Crippen MR) is 80.2 cm³/mol. The van der Waals surface area contributed by atoms with Crippen LogP contribution in [-0.4, -0.2) is 6.10 Å². The van der Waals surface area contributed by atoms with E-state index in [1.54, 1.807) is 12.1 Å². The van der Waals surface area contributed by atoms with E-state index in [-0.39, 0.29) is 5.82 Å². The topological polar surface area (TPSA) is 35.2 Å². The second-order valence-electron chi connectivity index (χ2n) is 5.03. The molecule has 1 saturated carbocycles. The minimum Gasteiger partial charge on any atom is -0.490 e. The Morgan fingerprint density at radius 3 is 2.50 bits per heavy atom. The van der Waals surface area contributed by atoms with Crippen LogP contribution in [0.15, 0.2) is 46.9 Å². The van der Waals surface area contributed by atoms with Crippen LogP contribution in [0.1, 0.15) is 30.0 Å². The number of rotatable bonds is 4. The molecule has 0 saturated heterocycles. The molecule has 0 bridgehead atoms. The van der Waals surface area contributed by atoms with E-state index in [0.29, 0.717) is 11.7 Å². The van der Waals surface area contributed by atoms with Crippen LogP contribution >= 0.6 is 15.9 Å². The highest BCUT2D eigenvalue weighted by Gasteiger charge is 2.23. The van der Waals surface area contributed by atoms with Gasteiger partial charge in [0.25, 0.3) is 0 Å². The summed E-state index contributed by atoms with van der Waals surface area (Å²) >= 11 is 3.34. The van der Waals surface area contributed by atoms with Gasteiger partial charge in [-0.25, -0.2) is 4.39 Å². The van der Waals surface area contributed by atoms with Crippen LogP contribution in [0.25, 0.3) is 0 Å². The van der Waals surface area contributed by atoms with Crippen LogP contribution < -0.4 is 10.5 Å². The maximum atomic E-state index is 13.8. The lowest BCUT2D eigenvalue weighted by molar-refractivity contribution is 0.303. The maximum Gasteiger partial charge on any atom is 0.128 e. The van der Waals surface area contributed by atoms with E-state index in [1.165, 1.54) is 6.07 Å². The summed E-state index contributed by atoms with van der Waals surface area (Å²) in [5, 5.41) is 0. The average molecular weight is 336 g/mol. The van der Waals surface area contributed by atoms with Crippen molar-refractivity contribution in [2.24, 2.45) is 5.73 Å². The standard InChI is InChI=1S/C16H15BrFNO/c17-11-3-8-15(18)14(9-11)16(19)10-1-4-12(5-2-10)20-13-6-7-13/h1-5,8-9,13,16H,6-7,19H2. The van der Waals surface area contributed by atoms with Gasteiger partial charge in [-0.2, -0.15) is 0 Å². The summed E-state index contributed by atoms with van der Waals surface area (Å²) in [5.74, 6) is 0.553. The first-order chi connectivity index (χ1) is 9.63. The first-order valence-corrected chi connectivity index (χ1v) is 7.40. The van der Waals surface area contributed by atoms with Crippen molar-refractivity contribution in [2.45, 2.75) is 25.0 Å². The van der Waals surface area contributed by atoms with Crippen molar-refractivity contribution in [3.63, 3.8) is 0 Å². The van der Waals surface area contributed by atoms with Gasteiger partial charge in [0.15, 0.2) is 0 Å². The lowest BCUT2D eigenvalue weighted by atomic mass is 9.99. The number of nitrogens with two attached hydrogens (primary N) is 1. The Morgan fingerprint density at radius 2 is 1.85 bits per heavy atom. The van der Waals surface area contributed by atoms with Crippen LogP contribution in [0.5, 0.6) is 5.75 Å². The smallest absolute Gasteiger partial charge is 0.128 e. The zero-order chi connectivity index (χ0) is 14.1. The third kappa shape index (κ3) is 3.02. The number of benzene rings is 2. The molecule has 2 aromatic carbocycles. The van der Waals surface area contributed by atoms with Crippen molar-refractivity contribution in [3.8, 4) is 5.75 Å². The fourth-order valence-corrected chi connectivity index (χ4v) is 2.44. The molecule has 4 heteroatoms. The van der Waals surface area contributed by atoms with Crippen LogP contribution in [0, 0.1) is 5.82 Å². The van der Waals surface area contributed by atoms with Gasteiger partial charge < -0.3 is 10.5 Å². The second kappa shape index (κ2) is 5.54. The molecule has 2 aromatic rings. The summed E-state index contributed by atoms with van der Waals surface area (Å²) in [7, 11) is 0. The fraction of sp³-hybridized carbons (Fsp3) is 0.250. The molecule has 1 unspecified atom stereocenters. The molecule has 0 amide bonds. The lowest BCUT2D eigenvalue weighted by Gasteiger charge is -2.14. The van der Waals surface area contributed by atoms with Crippen molar-refractivity contribution >= 4 is 15.9 Å². The van der Waals surface area contributed by atoms with Gasteiger partial charge in [-0.1, -0.05) is 28.1 Å². The second-order valence-corrected chi connectivity index (χ2v) is 5.95. The molecule has 1 fully saturated rings. The number of ether oxygens (including phenoxy) is 1. The van der Waals surface area contributed by atoms with Gasteiger partial charge in [-0.15, -0.1) is 0 Å². The lowest BCUT2D eigenvalue weighted by Crippen LogP contribution is -2.13.